The van der Waals surface area contributed by atoms with E-state index in [4.69, 9.17) is 16.2 Å². The Labute approximate surface area is 172 Å². The summed E-state index contributed by atoms with van der Waals surface area (Å²) in [5, 5.41) is 10.8. The minimum absolute atomic E-state index is 0.0217. The molecule has 2 aromatic heterocycles. The summed E-state index contributed by atoms with van der Waals surface area (Å²) in [7, 11) is 0. The molecule has 3 heterocycles. The van der Waals surface area contributed by atoms with Crippen molar-refractivity contribution in [2.45, 2.75) is 19.9 Å². The number of fused-ring (bicyclic) bond motifs is 1. The SMILES string of the molecule is Cc1c(N)cncc1-c1cc2cc(N(C(=O)O)[C@@H]3COC[C@@H]3C)ncc2c(N)c1F. The number of hydrogen-bond donors (Lipinski definition) is 3. The van der Waals surface area contributed by atoms with Crippen molar-refractivity contribution < 1.29 is 19.0 Å². The summed E-state index contributed by atoms with van der Waals surface area (Å²) in [5.74, 6) is -0.342. The predicted molar refractivity (Wildman–Crippen MR) is 113 cm³/mol. The zero-order valence-corrected chi connectivity index (χ0v) is 16.6. The summed E-state index contributed by atoms with van der Waals surface area (Å²) in [4.78, 5) is 21.5. The second kappa shape index (κ2) is 7.42. The van der Waals surface area contributed by atoms with Gasteiger partial charge in [-0.2, -0.15) is 0 Å². The Morgan fingerprint density at radius 2 is 2.00 bits per heavy atom. The van der Waals surface area contributed by atoms with Gasteiger partial charge in [0.05, 0.1) is 36.8 Å². The molecule has 3 aromatic rings. The van der Waals surface area contributed by atoms with E-state index in [9.17, 15) is 9.90 Å². The normalized spacial score (nSPS) is 18.6. The van der Waals surface area contributed by atoms with Crippen LogP contribution in [0.4, 0.5) is 26.4 Å². The van der Waals surface area contributed by atoms with Crippen LogP contribution in [0.3, 0.4) is 0 Å². The maximum atomic E-state index is 15.1. The molecule has 30 heavy (non-hydrogen) atoms. The maximum Gasteiger partial charge on any atom is 0.413 e. The van der Waals surface area contributed by atoms with Gasteiger partial charge in [-0.25, -0.2) is 14.2 Å². The Morgan fingerprint density at radius 3 is 2.67 bits per heavy atom. The molecule has 4 rings (SSSR count). The van der Waals surface area contributed by atoms with Gasteiger partial charge in [-0.05, 0) is 30.0 Å². The van der Waals surface area contributed by atoms with Gasteiger partial charge in [-0.3, -0.25) is 9.88 Å². The third-order valence-corrected chi connectivity index (χ3v) is 5.64. The summed E-state index contributed by atoms with van der Waals surface area (Å²) < 4.78 is 20.5. The lowest BCUT2D eigenvalue weighted by Gasteiger charge is -2.27. The number of benzene rings is 1. The molecule has 1 aliphatic rings. The fourth-order valence-electron chi connectivity index (χ4n) is 3.82. The highest BCUT2D eigenvalue weighted by Crippen LogP contribution is 2.37. The maximum absolute atomic E-state index is 15.1. The largest absolute Gasteiger partial charge is 0.465 e. The van der Waals surface area contributed by atoms with E-state index in [1.807, 2.05) is 6.92 Å². The van der Waals surface area contributed by atoms with E-state index in [0.717, 1.165) is 0 Å². The van der Waals surface area contributed by atoms with Crippen LogP contribution in [-0.2, 0) is 4.74 Å². The summed E-state index contributed by atoms with van der Waals surface area (Å²) in [6.07, 6.45) is 3.29. The molecule has 8 nitrogen and oxygen atoms in total. The molecule has 0 radical (unpaired) electrons. The van der Waals surface area contributed by atoms with E-state index in [0.29, 0.717) is 34.2 Å². The third kappa shape index (κ3) is 3.17. The lowest BCUT2D eigenvalue weighted by atomic mass is 9.97. The molecule has 0 saturated carbocycles. The molecule has 0 unspecified atom stereocenters. The smallest absolute Gasteiger partial charge is 0.413 e. The topological polar surface area (TPSA) is 128 Å². The van der Waals surface area contributed by atoms with Crippen molar-refractivity contribution in [2.24, 2.45) is 5.92 Å². The van der Waals surface area contributed by atoms with Crippen molar-refractivity contribution in [1.29, 1.82) is 0 Å². The zero-order valence-electron chi connectivity index (χ0n) is 16.6. The van der Waals surface area contributed by atoms with E-state index in [1.54, 1.807) is 19.1 Å². The van der Waals surface area contributed by atoms with Crippen LogP contribution in [0.1, 0.15) is 12.5 Å². The number of anilines is 3. The number of amides is 1. The van der Waals surface area contributed by atoms with Gasteiger partial charge in [0.15, 0.2) is 5.82 Å². The summed E-state index contributed by atoms with van der Waals surface area (Å²) in [6.45, 7) is 4.47. The number of carboxylic acid groups (broad SMARTS) is 1. The molecule has 1 aromatic carbocycles. The second-order valence-electron chi connectivity index (χ2n) is 7.55. The minimum atomic E-state index is -1.13. The highest BCUT2D eigenvalue weighted by Gasteiger charge is 2.35. The van der Waals surface area contributed by atoms with Crippen molar-refractivity contribution in [3.8, 4) is 11.1 Å². The van der Waals surface area contributed by atoms with Crippen molar-refractivity contribution in [2.75, 3.05) is 29.6 Å². The molecule has 1 aliphatic heterocycles. The number of rotatable bonds is 3. The number of aromatic nitrogens is 2. The lowest BCUT2D eigenvalue weighted by molar-refractivity contribution is 0.181. The van der Waals surface area contributed by atoms with Crippen LogP contribution in [-0.4, -0.2) is 40.4 Å². The number of nitrogens with zero attached hydrogens (tertiary/aromatic N) is 3. The highest BCUT2D eigenvalue weighted by molar-refractivity contribution is 5.99. The average Bonchev–Trinajstić information content (AvgIpc) is 3.12. The van der Waals surface area contributed by atoms with Crippen LogP contribution >= 0.6 is 0 Å². The number of ether oxygens (including phenoxy) is 1. The van der Waals surface area contributed by atoms with Crippen molar-refractivity contribution in [1.82, 2.24) is 9.97 Å². The van der Waals surface area contributed by atoms with Crippen molar-refractivity contribution >= 4 is 34.1 Å². The van der Waals surface area contributed by atoms with Gasteiger partial charge < -0.3 is 21.3 Å². The molecule has 5 N–H and O–H groups in total. The number of nitrogens with two attached hydrogens (primary N) is 2. The van der Waals surface area contributed by atoms with Crippen LogP contribution < -0.4 is 16.4 Å². The quantitative estimate of drug-likeness (QED) is 0.563. The molecule has 1 fully saturated rings. The van der Waals surface area contributed by atoms with E-state index >= 15 is 4.39 Å². The van der Waals surface area contributed by atoms with Gasteiger partial charge >= 0.3 is 6.09 Å². The van der Waals surface area contributed by atoms with Gasteiger partial charge in [0.25, 0.3) is 0 Å². The van der Waals surface area contributed by atoms with Crippen LogP contribution in [0.15, 0.2) is 30.7 Å². The zero-order chi connectivity index (χ0) is 21.6. The Bertz CT molecular complexity index is 1150. The highest BCUT2D eigenvalue weighted by atomic mass is 19.1. The van der Waals surface area contributed by atoms with Crippen molar-refractivity contribution in [3.05, 3.63) is 42.1 Å². The first-order valence-corrected chi connectivity index (χ1v) is 9.47. The first kappa shape index (κ1) is 19.8. The minimum Gasteiger partial charge on any atom is -0.465 e. The molecule has 1 saturated heterocycles. The molecular formula is C21H22FN5O3. The molecule has 156 valence electrons. The Morgan fingerprint density at radius 1 is 1.23 bits per heavy atom. The van der Waals surface area contributed by atoms with E-state index in [2.05, 4.69) is 9.97 Å². The number of pyridine rings is 2. The van der Waals surface area contributed by atoms with Crippen LogP contribution in [0.2, 0.25) is 0 Å². The van der Waals surface area contributed by atoms with Crippen LogP contribution in [0, 0.1) is 18.7 Å². The number of nitrogen functional groups attached to an aromatic ring is 2. The number of carbonyl (C=O) groups is 1. The standard InChI is InChI=1S/C21H22FN5O3/c1-10-8-30-9-17(10)27(21(28)29)18-4-12-3-13(14-5-25-7-16(23)11(14)2)19(22)20(24)15(12)6-26-18/h3-7,10,17H,8-9,23-24H2,1-2H3,(H,28,29)/t10-,17+/m0/s1. The first-order valence-electron chi connectivity index (χ1n) is 9.47. The van der Waals surface area contributed by atoms with Gasteiger partial charge in [-0.1, -0.05) is 6.92 Å². The Balaban J connectivity index is 1.89. The molecule has 0 bridgehead atoms. The van der Waals surface area contributed by atoms with Gasteiger partial charge in [0, 0.05) is 34.8 Å². The predicted octanol–water partition coefficient (Wildman–Crippen LogP) is 3.43. The van der Waals surface area contributed by atoms with E-state index in [-0.39, 0.29) is 35.6 Å². The summed E-state index contributed by atoms with van der Waals surface area (Å²) in [5.41, 5.74) is 13.8. The second-order valence-corrected chi connectivity index (χ2v) is 7.55. The van der Waals surface area contributed by atoms with E-state index < -0.39 is 11.9 Å². The van der Waals surface area contributed by atoms with Gasteiger partial charge in [0.1, 0.15) is 5.82 Å². The van der Waals surface area contributed by atoms with Gasteiger partial charge in [-0.15, -0.1) is 0 Å². The molecule has 2 atom stereocenters. The van der Waals surface area contributed by atoms with E-state index in [1.165, 1.54) is 23.5 Å². The number of halogens is 1. The molecule has 0 spiro atoms. The van der Waals surface area contributed by atoms with Crippen molar-refractivity contribution in [3.63, 3.8) is 0 Å². The summed E-state index contributed by atoms with van der Waals surface area (Å²) in [6, 6.07) is 2.86. The monoisotopic (exact) mass is 411 g/mol. The molecular weight excluding hydrogens is 389 g/mol. The molecule has 1 amide bonds. The molecule has 9 heteroatoms. The van der Waals surface area contributed by atoms with Crippen LogP contribution in [0.5, 0.6) is 0 Å². The first-order chi connectivity index (χ1) is 14.3. The fraction of sp³-hybridized carbons (Fsp3) is 0.286. The Kier molecular flexibility index (Phi) is 4.90. The Hall–Kier alpha value is -3.46. The lowest BCUT2D eigenvalue weighted by Crippen LogP contribution is -2.43. The van der Waals surface area contributed by atoms with Gasteiger partial charge in [0.2, 0.25) is 0 Å². The summed E-state index contributed by atoms with van der Waals surface area (Å²) >= 11 is 0. The van der Waals surface area contributed by atoms with Crippen LogP contribution in [0.25, 0.3) is 21.9 Å². The fourth-order valence-corrected chi connectivity index (χ4v) is 3.82. The molecule has 0 aliphatic carbocycles. The average molecular weight is 411 g/mol. The third-order valence-electron chi connectivity index (χ3n) is 5.64. The number of hydrogen-bond acceptors (Lipinski definition) is 6.